The number of aryl methyl sites for hydroxylation is 1. The lowest BCUT2D eigenvalue weighted by atomic mass is 9.97. The van der Waals surface area contributed by atoms with Crippen molar-refractivity contribution in [2.45, 2.75) is 30.3 Å². The Kier molecular flexibility index (Phi) is 6.63. The van der Waals surface area contributed by atoms with Crippen LogP contribution in [-0.2, 0) is 16.4 Å². The Labute approximate surface area is 154 Å². The Balaban J connectivity index is 2.04. The molecule has 2 rings (SSSR count). The van der Waals surface area contributed by atoms with Crippen molar-refractivity contribution >= 4 is 10.0 Å². The third kappa shape index (κ3) is 5.45. The summed E-state index contributed by atoms with van der Waals surface area (Å²) < 4.78 is 37.9. The molecule has 0 bridgehead atoms. The standard InChI is InChI=1S/C19H25NO5S/c1-19(21,12-11-15-7-5-4-6-8-15)14-20-26(22,23)18-10-9-16(24-2)13-17(18)25-3/h4-10,13,20-21H,11-12,14H2,1-3H3. The summed E-state index contributed by atoms with van der Waals surface area (Å²) in [4.78, 5) is -0.000315. The Morgan fingerprint density at radius 2 is 1.77 bits per heavy atom. The molecule has 0 heterocycles. The molecule has 0 fully saturated rings. The molecule has 0 radical (unpaired) electrons. The first-order chi connectivity index (χ1) is 12.3. The van der Waals surface area contributed by atoms with Crippen molar-refractivity contribution in [3.8, 4) is 11.5 Å². The topological polar surface area (TPSA) is 84.9 Å². The van der Waals surface area contributed by atoms with E-state index in [1.54, 1.807) is 13.0 Å². The van der Waals surface area contributed by atoms with E-state index < -0.39 is 15.6 Å². The van der Waals surface area contributed by atoms with Crippen molar-refractivity contribution in [1.82, 2.24) is 4.72 Å². The van der Waals surface area contributed by atoms with Crippen LogP contribution in [0.5, 0.6) is 11.5 Å². The second-order valence-electron chi connectivity index (χ2n) is 6.32. The molecule has 2 N–H and O–H groups in total. The highest BCUT2D eigenvalue weighted by molar-refractivity contribution is 7.89. The van der Waals surface area contributed by atoms with Gasteiger partial charge in [0.2, 0.25) is 10.0 Å². The number of aliphatic hydroxyl groups is 1. The van der Waals surface area contributed by atoms with Gasteiger partial charge >= 0.3 is 0 Å². The van der Waals surface area contributed by atoms with Gasteiger partial charge in [0.1, 0.15) is 16.4 Å². The normalized spacial score (nSPS) is 13.8. The zero-order chi connectivity index (χ0) is 19.2. The van der Waals surface area contributed by atoms with Crippen molar-refractivity contribution in [3.63, 3.8) is 0 Å². The lowest BCUT2D eigenvalue weighted by Gasteiger charge is -2.24. The van der Waals surface area contributed by atoms with Crippen molar-refractivity contribution in [2.24, 2.45) is 0 Å². The van der Waals surface area contributed by atoms with Crippen LogP contribution in [0.25, 0.3) is 0 Å². The van der Waals surface area contributed by atoms with E-state index in [4.69, 9.17) is 9.47 Å². The van der Waals surface area contributed by atoms with Crippen LogP contribution in [0, 0.1) is 0 Å². The maximum Gasteiger partial charge on any atom is 0.244 e. The second kappa shape index (κ2) is 8.53. The van der Waals surface area contributed by atoms with E-state index in [9.17, 15) is 13.5 Å². The van der Waals surface area contributed by atoms with Crippen LogP contribution in [0.3, 0.4) is 0 Å². The van der Waals surface area contributed by atoms with Gasteiger partial charge in [0.15, 0.2) is 0 Å². The minimum absolute atomic E-state index is 0.000315. The fraction of sp³-hybridized carbons (Fsp3) is 0.368. The monoisotopic (exact) mass is 379 g/mol. The van der Waals surface area contributed by atoms with Crippen molar-refractivity contribution < 1.29 is 23.0 Å². The number of nitrogens with one attached hydrogen (secondary N) is 1. The Morgan fingerprint density at radius 1 is 1.08 bits per heavy atom. The van der Waals surface area contributed by atoms with Crippen LogP contribution in [0.4, 0.5) is 0 Å². The molecule has 1 unspecified atom stereocenters. The quantitative estimate of drug-likeness (QED) is 0.699. The van der Waals surface area contributed by atoms with Crippen LogP contribution in [0.2, 0.25) is 0 Å². The fourth-order valence-electron chi connectivity index (χ4n) is 2.47. The molecule has 2 aromatic rings. The average molecular weight is 379 g/mol. The molecule has 0 aliphatic heterocycles. The summed E-state index contributed by atoms with van der Waals surface area (Å²) in [5.74, 6) is 0.677. The number of methoxy groups -OCH3 is 2. The van der Waals surface area contributed by atoms with Gasteiger partial charge in [0.25, 0.3) is 0 Å². The number of ether oxygens (including phenoxy) is 2. The van der Waals surface area contributed by atoms with E-state index in [2.05, 4.69) is 4.72 Å². The molecule has 2 aromatic carbocycles. The zero-order valence-electron chi connectivity index (χ0n) is 15.2. The fourth-order valence-corrected chi connectivity index (χ4v) is 3.78. The van der Waals surface area contributed by atoms with E-state index in [-0.39, 0.29) is 17.2 Å². The zero-order valence-corrected chi connectivity index (χ0v) is 16.0. The van der Waals surface area contributed by atoms with E-state index in [1.165, 1.54) is 26.4 Å². The van der Waals surface area contributed by atoms with Crippen molar-refractivity contribution in [3.05, 3.63) is 54.1 Å². The predicted octanol–water partition coefficient (Wildman–Crippen LogP) is 2.37. The van der Waals surface area contributed by atoms with Crippen LogP contribution in [-0.4, -0.2) is 39.9 Å². The van der Waals surface area contributed by atoms with E-state index in [1.807, 2.05) is 30.3 Å². The van der Waals surface area contributed by atoms with Crippen LogP contribution in [0.1, 0.15) is 18.9 Å². The molecule has 6 nitrogen and oxygen atoms in total. The van der Waals surface area contributed by atoms with E-state index in [0.717, 1.165) is 5.56 Å². The highest BCUT2D eigenvalue weighted by Crippen LogP contribution is 2.28. The van der Waals surface area contributed by atoms with Gasteiger partial charge in [-0.1, -0.05) is 30.3 Å². The maximum absolute atomic E-state index is 12.6. The summed E-state index contributed by atoms with van der Waals surface area (Å²) in [5.41, 5.74) is -0.0877. The van der Waals surface area contributed by atoms with Gasteiger partial charge < -0.3 is 14.6 Å². The summed E-state index contributed by atoms with van der Waals surface area (Å²) in [7, 11) is -0.951. The van der Waals surface area contributed by atoms with Gasteiger partial charge in [-0.15, -0.1) is 0 Å². The average Bonchev–Trinajstić information content (AvgIpc) is 2.65. The molecular weight excluding hydrogens is 354 g/mol. The molecule has 7 heteroatoms. The molecule has 142 valence electrons. The number of hydrogen-bond acceptors (Lipinski definition) is 5. The molecule has 0 saturated carbocycles. The summed E-state index contributed by atoms with van der Waals surface area (Å²) in [5, 5.41) is 10.5. The molecule has 26 heavy (non-hydrogen) atoms. The Bertz CT molecular complexity index is 819. The summed E-state index contributed by atoms with van der Waals surface area (Å²) in [6.45, 7) is 1.51. The van der Waals surface area contributed by atoms with Gasteiger partial charge in [-0.3, -0.25) is 0 Å². The minimum Gasteiger partial charge on any atom is -0.497 e. The lowest BCUT2D eigenvalue weighted by molar-refractivity contribution is 0.0565. The predicted molar refractivity (Wildman–Crippen MR) is 100 cm³/mol. The van der Waals surface area contributed by atoms with Gasteiger partial charge in [-0.05, 0) is 37.5 Å². The number of sulfonamides is 1. The highest BCUT2D eigenvalue weighted by atomic mass is 32.2. The molecule has 0 aromatic heterocycles. The highest BCUT2D eigenvalue weighted by Gasteiger charge is 2.26. The first kappa shape index (κ1) is 20.2. The molecule has 0 aliphatic rings. The minimum atomic E-state index is -3.83. The third-order valence-electron chi connectivity index (χ3n) is 4.10. The second-order valence-corrected chi connectivity index (χ2v) is 8.06. The first-order valence-electron chi connectivity index (χ1n) is 8.25. The Hall–Kier alpha value is -2.09. The SMILES string of the molecule is COc1ccc(S(=O)(=O)NCC(C)(O)CCc2ccccc2)c(OC)c1. The molecular formula is C19H25NO5S. The van der Waals surface area contributed by atoms with Gasteiger partial charge in [-0.25, -0.2) is 13.1 Å². The maximum atomic E-state index is 12.6. The largest absolute Gasteiger partial charge is 0.497 e. The third-order valence-corrected chi connectivity index (χ3v) is 5.54. The smallest absolute Gasteiger partial charge is 0.244 e. The molecule has 0 saturated heterocycles. The number of benzene rings is 2. The summed E-state index contributed by atoms with van der Waals surface area (Å²) >= 11 is 0. The summed E-state index contributed by atoms with van der Waals surface area (Å²) in [6, 6.07) is 14.2. The lowest BCUT2D eigenvalue weighted by Crippen LogP contribution is -2.41. The van der Waals surface area contributed by atoms with Gasteiger partial charge in [-0.2, -0.15) is 0 Å². The van der Waals surface area contributed by atoms with Gasteiger partial charge in [0, 0.05) is 12.6 Å². The number of hydrogen-bond donors (Lipinski definition) is 2. The molecule has 0 spiro atoms. The summed E-state index contributed by atoms with van der Waals surface area (Å²) in [6.07, 6.45) is 1.08. The molecule has 0 aliphatic carbocycles. The molecule has 1 atom stereocenters. The first-order valence-corrected chi connectivity index (χ1v) is 9.74. The van der Waals surface area contributed by atoms with Crippen molar-refractivity contribution in [2.75, 3.05) is 20.8 Å². The van der Waals surface area contributed by atoms with E-state index in [0.29, 0.717) is 18.6 Å². The molecule has 0 amide bonds. The van der Waals surface area contributed by atoms with Crippen LogP contribution in [0.15, 0.2) is 53.4 Å². The van der Waals surface area contributed by atoms with Gasteiger partial charge in [0.05, 0.1) is 19.8 Å². The van der Waals surface area contributed by atoms with Crippen LogP contribution >= 0.6 is 0 Å². The number of rotatable bonds is 9. The van der Waals surface area contributed by atoms with Crippen molar-refractivity contribution in [1.29, 1.82) is 0 Å². The van der Waals surface area contributed by atoms with E-state index >= 15 is 0 Å². The van der Waals surface area contributed by atoms with Crippen LogP contribution < -0.4 is 14.2 Å². The Morgan fingerprint density at radius 3 is 2.38 bits per heavy atom.